The number of hydrogen-bond donors (Lipinski definition) is 0. The van der Waals surface area contributed by atoms with Crippen LogP contribution in [0.2, 0.25) is 0 Å². The zero-order chi connectivity index (χ0) is 11.5. The highest BCUT2D eigenvalue weighted by molar-refractivity contribution is 4.83. The molecule has 0 nitrogen and oxygen atoms in total. The summed E-state index contributed by atoms with van der Waals surface area (Å²) in [5.41, 5.74) is 0. The van der Waals surface area contributed by atoms with Gasteiger partial charge in [0.25, 0.3) is 0 Å². The topological polar surface area (TPSA) is 0 Å². The predicted molar refractivity (Wildman–Crippen MR) is 71.1 cm³/mol. The van der Waals surface area contributed by atoms with Gasteiger partial charge in [-0.05, 0) is 24.7 Å². The fraction of sp³-hybridized carbons (Fsp3) is 0.867. The third-order valence-corrected chi connectivity index (χ3v) is 2.67. The third kappa shape index (κ3) is 13.7. The van der Waals surface area contributed by atoms with Crippen LogP contribution in [-0.4, -0.2) is 0 Å². The van der Waals surface area contributed by atoms with Gasteiger partial charge in [0.15, 0.2) is 0 Å². The van der Waals surface area contributed by atoms with Gasteiger partial charge in [0.2, 0.25) is 0 Å². The van der Waals surface area contributed by atoms with Crippen molar-refractivity contribution in [2.75, 3.05) is 0 Å². The lowest BCUT2D eigenvalue weighted by Gasteiger charge is -2.03. The first-order chi connectivity index (χ1) is 7.13. The molecule has 0 bridgehead atoms. The van der Waals surface area contributed by atoms with E-state index >= 15 is 0 Å². The highest BCUT2D eigenvalue weighted by atomic mass is 14.0. The van der Waals surface area contributed by atoms with E-state index < -0.39 is 0 Å². The highest BCUT2D eigenvalue weighted by Gasteiger charge is 1.94. The molecule has 0 aromatic heterocycles. The molecule has 0 aliphatic heterocycles. The van der Waals surface area contributed by atoms with Crippen LogP contribution in [0, 0.1) is 11.8 Å². The Morgan fingerprint density at radius 2 is 1.40 bits per heavy atom. The smallest absolute Gasteiger partial charge is 0.0290 e. The van der Waals surface area contributed by atoms with Crippen LogP contribution in [0.3, 0.4) is 0 Å². The fourth-order valence-electron chi connectivity index (χ4n) is 1.71. The van der Waals surface area contributed by atoms with E-state index in [4.69, 9.17) is 0 Å². The van der Waals surface area contributed by atoms with Crippen molar-refractivity contribution >= 4 is 0 Å². The van der Waals surface area contributed by atoms with Gasteiger partial charge in [0.05, 0.1) is 0 Å². The van der Waals surface area contributed by atoms with E-state index in [1.54, 1.807) is 0 Å². The van der Waals surface area contributed by atoms with Gasteiger partial charge in [0.1, 0.15) is 0 Å². The minimum Gasteiger partial charge on any atom is -0.0883 e. The Morgan fingerprint density at radius 1 is 0.800 bits per heavy atom. The van der Waals surface area contributed by atoms with E-state index in [1.165, 1.54) is 44.9 Å². The van der Waals surface area contributed by atoms with Gasteiger partial charge in [-0.2, -0.15) is 0 Å². The summed E-state index contributed by atoms with van der Waals surface area (Å²) < 4.78 is 0. The van der Waals surface area contributed by atoms with Crippen molar-refractivity contribution in [2.45, 2.75) is 72.6 Å². The summed E-state index contributed by atoms with van der Waals surface area (Å²) in [6.07, 6.45) is 14.5. The van der Waals surface area contributed by atoms with Gasteiger partial charge < -0.3 is 0 Å². The Hall–Kier alpha value is -0.260. The lowest BCUT2D eigenvalue weighted by molar-refractivity contribution is 0.516. The summed E-state index contributed by atoms with van der Waals surface area (Å²) in [7, 11) is 0. The molecule has 0 aliphatic rings. The molecular weight excluding hydrogens is 180 g/mol. The van der Waals surface area contributed by atoms with E-state index in [2.05, 4.69) is 39.8 Å². The van der Waals surface area contributed by atoms with Gasteiger partial charge in [-0.3, -0.25) is 0 Å². The number of hydrogen-bond acceptors (Lipinski definition) is 0. The predicted octanol–water partition coefficient (Wildman–Crippen LogP) is 5.59. The number of rotatable bonds is 9. The van der Waals surface area contributed by atoms with E-state index in [-0.39, 0.29) is 0 Å². The Morgan fingerprint density at radius 3 is 2.00 bits per heavy atom. The van der Waals surface area contributed by atoms with Crippen LogP contribution in [0.15, 0.2) is 12.2 Å². The highest BCUT2D eigenvalue weighted by Crippen LogP contribution is 2.11. The first-order valence-electron chi connectivity index (χ1n) is 6.79. The van der Waals surface area contributed by atoms with E-state index in [0.717, 1.165) is 11.8 Å². The Balaban J connectivity index is 3.05. The molecule has 0 amide bonds. The molecule has 0 rings (SSSR count). The van der Waals surface area contributed by atoms with Gasteiger partial charge in [0, 0.05) is 0 Å². The summed E-state index contributed by atoms with van der Waals surface area (Å²) in [5.74, 6) is 1.61. The largest absolute Gasteiger partial charge is 0.0883 e. The second kappa shape index (κ2) is 10.3. The maximum Gasteiger partial charge on any atom is -0.0290 e. The van der Waals surface area contributed by atoms with Crippen LogP contribution in [0.5, 0.6) is 0 Å². The molecule has 0 spiro atoms. The van der Waals surface area contributed by atoms with Crippen LogP contribution >= 0.6 is 0 Å². The van der Waals surface area contributed by atoms with Crippen molar-refractivity contribution in [3.63, 3.8) is 0 Å². The van der Waals surface area contributed by atoms with Crippen molar-refractivity contribution in [1.29, 1.82) is 0 Å². The average molecular weight is 210 g/mol. The van der Waals surface area contributed by atoms with E-state index in [0.29, 0.717) is 0 Å². The van der Waals surface area contributed by atoms with Crippen molar-refractivity contribution in [3.05, 3.63) is 12.2 Å². The fourth-order valence-corrected chi connectivity index (χ4v) is 1.71. The minimum atomic E-state index is 0.719. The van der Waals surface area contributed by atoms with Crippen LogP contribution in [0.1, 0.15) is 72.6 Å². The molecule has 0 heteroatoms. The molecule has 0 fully saturated rings. The second-order valence-electron chi connectivity index (χ2n) is 5.41. The molecule has 0 atom stereocenters. The van der Waals surface area contributed by atoms with Crippen molar-refractivity contribution in [3.8, 4) is 0 Å². The third-order valence-electron chi connectivity index (χ3n) is 2.67. The van der Waals surface area contributed by atoms with Crippen LogP contribution < -0.4 is 0 Å². The molecule has 0 saturated carbocycles. The summed E-state index contributed by atoms with van der Waals surface area (Å²) in [5, 5.41) is 0. The Bertz CT molecular complexity index is 142. The van der Waals surface area contributed by atoms with Crippen LogP contribution in [0.25, 0.3) is 0 Å². The summed E-state index contributed by atoms with van der Waals surface area (Å²) in [4.78, 5) is 0. The Kier molecular flexibility index (Phi) is 10.1. The molecule has 90 valence electrons. The van der Waals surface area contributed by atoms with Crippen molar-refractivity contribution in [2.24, 2.45) is 11.8 Å². The maximum absolute atomic E-state index is 2.35. The number of unbranched alkanes of at least 4 members (excludes halogenated alkanes) is 5. The SMILES string of the molecule is CC(C)/C=C/CCCCCCCC(C)C. The lowest BCUT2D eigenvalue weighted by Crippen LogP contribution is -1.87. The van der Waals surface area contributed by atoms with Crippen LogP contribution in [0.4, 0.5) is 0 Å². The summed E-state index contributed by atoms with van der Waals surface area (Å²) in [6, 6.07) is 0. The normalized spacial score (nSPS) is 12.1. The molecular formula is C15H30. The van der Waals surface area contributed by atoms with E-state index in [9.17, 15) is 0 Å². The number of allylic oxidation sites excluding steroid dienone is 2. The Labute approximate surface area is 97.2 Å². The van der Waals surface area contributed by atoms with Gasteiger partial charge >= 0.3 is 0 Å². The van der Waals surface area contributed by atoms with Gasteiger partial charge in [-0.1, -0.05) is 72.0 Å². The summed E-state index contributed by atoms with van der Waals surface area (Å²) >= 11 is 0. The average Bonchev–Trinajstić information content (AvgIpc) is 2.14. The molecule has 0 heterocycles. The molecule has 0 aromatic rings. The second-order valence-corrected chi connectivity index (χ2v) is 5.41. The molecule has 0 unspecified atom stereocenters. The standard InChI is InChI=1S/C15H30/c1-14(2)12-10-8-6-5-7-9-11-13-15(3)4/h10,12,14-15H,5-9,11,13H2,1-4H3/b12-10+. The molecule has 0 radical (unpaired) electrons. The molecule has 0 aliphatic carbocycles. The lowest BCUT2D eigenvalue weighted by atomic mass is 10.0. The summed E-state index contributed by atoms with van der Waals surface area (Å²) in [6.45, 7) is 9.11. The minimum absolute atomic E-state index is 0.719. The maximum atomic E-state index is 2.35. The molecule has 0 N–H and O–H groups in total. The van der Waals surface area contributed by atoms with Crippen molar-refractivity contribution in [1.82, 2.24) is 0 Å². The molecule has 0 saturated heterocycles. The van der Waals surface area contributed by atoms with E-state index in [1.807, 2.05) is 0 Å². The first-order valence-corrected chi connectivity index (χ1v) is 6.79. The first kappa shape index (κ1) is 14.7. The van der Waals surface area contributed by atoms with Gasteiger partial charge in [-0.25, -0.2) is 0 Å². The van der Waals surface area contributed by atoms with Gasteiger partial charge in [-0.15, -0.1) is 0 Å². The van der Waals surface area contributed by atoms with Crippen LogP contribution in [-0.2, 0) is 0 Å². The monoisotopic (exact) mass is 210 g/mol. The zero-order valence-electron chi connectivity index (χ0n) is 11.3. The molecule has 0 aromatic carbocycles. The zero-order valence-corrected chi connectivity index (χ0v) is 11.3. The molecule has 15 heavy (non-hydrogen) atoms. The quantitative estimate of drug-likeness (QED) is 0.344. The van der Waals surface area contributed by atoms with Crippen molar-refractivity contribution < 1.29 is 0 Å².